The molecule has 0 saturated heterocycles. The van der Waals surface area contributed by atoms with Crippen molar-refractivity contribution < 1.29 is 28.6 Å². The van der Waals surface area contributed by atoms with Gasteiger partial charge in [-0.2, -0.15) is 5.10 Å². The lowest BCUT2D eigenvalue weighted by Crippen LogP contribution is -2.42. The summed E-state index contributed by atoms with van der Waals surface area (Å²) in [5.74, 6) is -0.669. The molecule has 0 bridgehead atoms. The molecule has 9 nitrogen and oxygen atoms in total. The van der Waals surface area contributed by atoms with Gasteiger partial charge in [0, 0.05) is 0 Å². The Hall–Kier alpha value is -2.58. The molecule has 9 heteroatoms. The second-order valence-corrected chi connectivity index (χ2v) is 6.04. The topological polar surface area (TPSA) is 97.7 Å². The number of hydrogen-bond acceptors (Lipinski definition) is 8. The Bertz CT molecular complexity index is 578. The number of carbonyl (C=O) groups excluding carboxylic acids is 3. The molecule has 1 atom stereocenters. The summed E-state index contributed by atoms with van der Waals surface area (Å²) in [6.45, 7) is 5.37. The molecule has 0 radical (unpaired) electrons. The number of carbonyl (C=O) groups is 3. The molecule has 0 fully saturated rings. The van der Waals surface area contributed by atoms with Crippen molar-refractivity contribution in [1.82, 2.24) is 9.91 Å². The van der Waals surface area contributed by atoms with Crippen LogP contribution in [0, 0.1) is 5.41 Å². The summed E-state index contributed by atoms with van der Waals surface area (Å²) in [4.78, 5) is 36.0. The molecular formula is C14H19N3O6. The van der Waals surface area contributed by atoms with Gasteiger partial charge in [0.15, 0.2) is 24.3 Å². The van der Waals surface area contributed by atoms with Gasteiger partial charge in [-0.25, -0.2) is 0 Å². The van der Waals surface area contributed by atoms with Crippen molar-refractivity contribution >= 4 is 24.7 Å². The summed E-state index contributed by atoms with van der Waals surface area (Å²) in [6.07, 6.45) is 0.559. The van der Waals surface area contributed by atoms with Crippen LogP contribution in [-0.4, -0.2) is 61.1 Å². The molecule has 2 rings (SSSR count). The smallest absolute Gasteiger partial charge is 0.312 e. The van der Waals surface area contributed by atoms with Gasteiger partial charge in [-0.05, 0) is 20.8 Å². The third-order valence-electron chi connectivity index (χ3n) is 3.30. The van der Waals surface area contributed by atoms with E-state index in [1.807, 2.05) is 0 Å². The molecule has 2 heterocycles. The van der Waals surface area contributed by atoms with Gasteiger partial charge in [-0.15, -0.1) is 0 Å². The van der Waals surface area contributed by atoms with Gasteiger partial charge in [-0.1, -0.05) is 0 Å². The molecule has 0 saturated carbocycles. The summed E-state index contributed by atoms with van der Waals surface area (Å²) in [5.41, 5.74) is -0.511. The largest absolute Gasteiger partial charge is 0.495 e. The first kappa shape index (κ1) is 16.8. The van der Waals surface area contributed by atoms with E-state index in [1.165, 1.54) is 18.5 Å². The van der Waals surface area contributed by atoms with Crippen LogP contribution in [0.15, 0.2) is 16.6 Å². The lowest BCUT2D eigenvalue weighted by atomic mass is 9.98. The minimum atomic E-state index is -0.703. The van der Waals surface area contributed by atoms with E-state index in [-0.39, 0.29) is 24.7 Å². The van der Waals surface area contributed by atoms with Gasteiger partial charge in [-0.3, -0.25) is 24.3 Å². The predicted octanol–water partition coefficient (Wildman–Crippen LogP) is 0.0339. The third-order valence-corrected chi connectivity index (χ3v) is 3.30. The molecule has 2 aliphatic rings. The molecule has 0 spiro atoms. The zero-order valence-electron chi connectivity index (χ0n) is 13.4. The van der Waals surface area contributed by atoms with Crippen LogP contribution in [0.25, 0.3) is 0 Å². The number of methoxy groups -OCH3 is 1. The van der Waals surface area contributed by atoms with Crippen LogP contribution in [0.5, 0.6) is 0 Å². The average molecular weight is 325 g/mol. The minimum absolute atomic E-state index is 0.161. The Labute approximate surface area is 133 Å². The van der Waals surface area contributed by atoms with Crippen LogP contribution in [0.4, 0.5) is 0 Å². The number of amides is 1. The van der Waals surface area contributed by atoms with Gasteiger partial charge < -0.3 is 14.2 Å². The second-order valence-electron chi connectivity index (χ2n) is 6.04. The first-order valence-corrected chi connectivity index (χ1v) is 6.96. The molecule has 0 aromatic carbocycles. The number of rotatable bonds is 5. The lowest BCUT2D eigenvalue weighted by molar-refractivity contribution is -0.157. The summed E-state index contributed by atoms with van der Waals surface area (Å²) < 4.78 is 15.2. The Morgan fingerprint density at radius 1 is 1.48 bits per heavy atom. The van der Waals surface area contributed by atoms with Gasteiger partial charge in [0.25, 0.3) is 12.4 Å². The van der Waals surface area contributed by atoms with E-state index >= 15 is 0 Å². The van der Waals surface area contributed by atoms with Crippen LogP contribution < -0.4 is 0 Å². The van der Waals surface area contributed by atoms with Crippen molar-refractivity contribution in [3.63, 3.8) is 0 Å². The third kappa shape index (κ3) is 3.27. The highest BCUT2D eigenvalue weighted by molar-refractivity contribution is 6.02. The maximum absolute atomic E-state index is 12.5. The molecule has 1 amide bonds. The zero-order valence-corrected chi connectivity index (χ0v) is 13.4. The van der Waals surface area contributed by atoms with Crippen molar-refractivity contribution in [2.24, 2.45) is 10.5 Å². The number of hydrogen-bond donors (Lipinski definition) is 0. The first-order valence-electron chi connectivity index (χ1n) is 6.96. The first-order chi connectivity index (χ1) is 10.8. The fourth-order valence-electron chi connectivity index (χ4n) is 2.08. The fraction of sp³-hybridized carbons (Fsp3) is 0.571. The van der Waals surface area contributed by atoms with Gasteiger partial charge in [0.05, 0.1) is 19.1 Å². The standard InChI is InChI=1S/C14H19N3O6/c1-14(2,3)13(20)22-7-16-6-15-17-5-9(23-8-18)11(21-4)10(17)12(16)19/h6,8-9H,5,7H2,1-4H3. The molecule has 0 N–H and O–H groups in total. The van der Waals surface area contributed by atoms with Crippen LogP contribution in [0.1, 0.15) is 20.8 Å². The maximum atomic E-state index is 12.5. The number of fused-ring (bicyclic) bond motifs is 1. The summed E-state index contributed by atoms with van der Waals surface area (Å²) >= 11 is 0. The quantitative estimate of drug-likeness (QED) is 0.519. The second kappa shape index (κ2) is 6.27. The molecule has 2 aliphatic heterocycles. The SMILES string of the molecule is COC1=C2C(=O)N(COC(=O)C(C)(C)C)C=NN2CC1OC=O. The van der Waals surface area contributed by atoms with Gasteiger partial charge in [0.1, 0.15) is 6.34 Å². The highest BCUT2D eigenvalue weighted by Crippen LogP contribution is 2.29. The number of nitrogens with zero attached hydrogens (tertiary/aromatic N) is 3. The highest BCUT2D eigenvalue weighted by Gasteiger charge is 2.42. The van der Waals surface area contributed by atoms with Gasteiger partial charge >= 0.3 is 5.97 Å². The number of ether oxygens (including phenoxy) is 3. The van der Waals surface area contributed by atoms with Crippen molar-refractivity contribution in [3.05, 3.63) is 11.5 Å². The van der Waals surface area contributed by atoms with E-state index in [4.69, 9.17) is 14.2 Å². The van der Waals surface area contributed by atoms with E-state index in [0.717, 1.165) is 4.90 Å². The van der Waals surface area contributed by atoms with Crippen molar-refractivity contribution in [1.29, 1.82) is 0 Å². The number of hydrazone groups is 1. The summed E-state index contributed by atoms with van der Waals surface area (Å²) in [6, 6.07) is 0. The molecule has 0 aliphatic carbocycles. The van der Waals surface area contributed by atoms with Crippen molar-refractivity contribution in [3.8, 4) is 0 Å². The normalized spacial score (nSPS) is 20.5. The maximum Gasteiger partial charge on any atom is 0.312 e. The minimum Gasteiger partial charge on any atom is -0.495 e. The van der Waals surface area contributed by atoms with Gasteiger partial charge in [0.2, 0.25) is 0 Å². The molecule has 0 aromatic heterocycles. The Morgan fingerprint density at radius 3 is 2.74 bits per heavy atom. The Balaban J connectivity index is 2.14. The fourth-order valence-corrected chi connectivity index (χ4v) is 2.08. The van der Waals surface area contributed by atoms with Crippen LogP contribution in [0.2, 0.25) is 0 Å². The van der Waals surface area contributed by atoms with Crippen molar-refractivity contribution in [2.45, 2.75) is 26.9 Å². The average Bonchev–Trinajstić information content (AvgIpc) is 2.83. The zero-order chi connectivity index (χ0) is 17.2. The van der Waals surface area contributed by atoms with E-state index < -0.39 is 23.4 Å². The van der Waals surface area contributed by atoms with E-state index in [1.54, 1.807) is 20.8 Å². The Morgan fingerprint density at radius 2 is 2.17 bits per heavy atom. The highest BCUT2D eigenvalue weighted by atomic mass is 16.6. The summed E-state index contributed by atoms with van der Waals surface area (Å²) in [5, 5.41) is 5.47. The summed E-state index contributed by atoms with van der Waals surface area (Å²) in [7, 11) is 1.38. The van der Waals surface area contributed by atoms with Crippen LogP contribution >= 0.6 is 0 Å². The van der Waals surface area contributed by atoms with Crippen LogP contribution in [0.3, 0.4) is 0 Å². The molecule has 1 unspecified atom stereocenters. The Kier molecular flexibility index (Phi) is 4.57. The molecule has 0 aromatic rings. The molecule has 126 valence electrons. The van der Waals surface area contributed by atoms with Crippen LogP contribution in [-0.2, 0) is 28.6 Å². The monoisotopic (exact) mass is 325 g/mol. The lowest BCUT2D eigenvalue weighted by Gasteiger charge is -2.27. The van der Waals surface area contributed by atoms with E-state index in [2.05, 4.69) is 5.10 Å². The predicted molar refractivity (Wildman–Crippen MR) is 77.4 cm³/mol. The molecule has 23 heavy (non-hydrogen) atoms. The molecular weight excluding hydrogens is 306 g/mol. The van der Waals surface area contributed by atoms with Crippen molar-refractivity contribution in [2.75, 3.05) is 20.4 Å². The van der Waals surface area contributed by atoms with E-state index in [9.17, 15) is 14.4 Å². The number of esters is 1. The van der Waals surface area contributed by atoms with E-state index in [0.29, 0.717) is 6.47 Å².